The third-order valence-corrected chi connectivity index (χ3v) is 2.45. The quantitative estimate of drug-likeness (QED) is 0.369. The van der Waals surface area contributed by atoms with Gasteiger partial charge in [-0.2, -0.15) is 8.42 Å². The number of benzene rings is 1. The van der Waals surface area contributed by atoms with Crippen molar-refractivity contribution < 1.29 is 17.7 Å². The summed E-state index contributed by atoms with van der Waals surface area (Å²) < 4.78 is 35.1. The third kappa shape index (κ3) is 2.59. The van der Waals surface area contributed by atoms with Gasteiger partial charge in [0.1, 0.15) is 5.75 Å². The minimum atomic E-state index is -4.31. The maximum atomic E-state index is 10.8. The van der Waals surface area contributed by atoms with Crippen molar-refractivity contribution in [3.8, 4) is 5.75 Å². The molecule has 0 unspecified atom stereocenters. The third-order valence-electron chi connectivity index (χ3n) is 1.60. The fourth-order valence-corrected chi connectivity index (χ4v) is 1.46. The summed E-state index contributed by atoms with van der Waals surface area (Å²) in [6, 6.07) is 3.45. The number of nitrogens with zero attached hydrogens (tertiary/aromatic N) is 3. The van der Waals surface area contributed by atoms with Gasteiger partial charge in [-0.25, -0.2) is 0 Å². The van der Waals surface area contributed by atoms with Gasteiger partial charge in [0.15, 0.2) is 0 Å². The lowest BCUT2D eigenvalue weighted by Crippen LogP contribution is -1.97. The molecule has 0 atom stereocenters. The molecule has 1 N–H and O–H groups in total. The average molecular weight is 229 g/mol. The zero-order valence-electron chi connectivity index (χ0n) is 7.65. The van der Waals surface area contributed by atoms with Gasteiger partial charge in [-0.3, -0.25) is 4.55 Å². The van der Waals surface area contributed by atoms with Crippen LogP contribution in [-0.4, -0.2) is 20.1 Å². The SMILES string of the molecule is COc1ccc(S(=O)(=O)O)cc1N=[N+]=[N-]. The summed E-state index contributed by atoms with van der Waals surface area (Å²) in [7, 11) is -2.96. The molecule has 0 saturated heterocycles. The lowest BCUT2D eigenvalue weighted by Gasteiger charge is -2.04. The summed E-state index contributed by atoms with van der Waals surface area (Å²) in [4.78, 5) is 2.15. The summed E-state index contributed by atoms with van der Waals surface area (Å²) in [6.45, 7) is 0. The van der Waals surface area contributed by atoms with E-state index in [4.69, 9.17) is 14.8 Å². The molecule has 1 rings (SSSR count). The first-order valence-corrected chi connectivity index (χ1v) is 5.13. The van der Waals surface area contributed by atoms with Crippen LogP contribution in [-0.2, 0) is 10.1 Å². The summed E-state index contributed by atoms with van der Waals surface area (Å²) in [6.07, 6.45) is 0. The Morgan fingerprint density at radius 1 is 1.53 bits per heavy atom. The molecule has 0 aliphatic carbocycles. The van der Waals surface area contributed by atoms with Crippen molar-refractivity contribution in [2.24, 2.45) is 5.11 Å². The molecule has 0 amide bonds. The zero-order valence-corrected chi connectivity index (χ0v) is 8.47. The van der Waals surface area contributed by atoms with Gasteiger partial charge in [-0.15, -0.1) is 0 Å². The van der Waals surface area contributed by atoms with Crippen molar-refractivity contribution >= 4 is 15.8 Å². The second-order valence-corrected chi connectivity index (χ2v) is 3.92. The van der Waals surface area contributed by atoms with Crippen LogP contribution in [0.2, 0.25) is 0 Å². The van der Waals surface area contributed by atoms with Gasteiger partial charge in [0, 0.05) is 4.91 Å². The van der Waals surface area contributed by atoms with Gasteiger partial charge in [0.05, 0.1) is 17.7 Å². The van der Waals surface area contributed by atoms with Crippen molar-refractivity contribution in [2.75, 3.05) is 7.11 Å². The maximum Gasteiger partial charge on any atom is 0.294 e. The molecule has 0 radical (unpaired) electrons. The van der Waals surface area contributed by atoms with E-state index in [1.165, 1.54) is 13.2 Å². The van der Waals surface area contributed by atoms with E-state index < -0.39 is 10.1 Å². The van der Waals surface area contributed by atoms with Crippen LogP contribution in [0.5, 0.6) is 5.75 Å². The first kappa shape index (κ1) is 11.3. The van der Waals surface area contributed by atoms with E-state index in [0.717, 1.165) is 12.1 Å². The molecule has 1 aromatic rings. The predicted octanol–water partition coefficient (Wildman–Crippen LogP) is 1.88. The normalized spacial score (nSPS) is 10.5. The topological polar surface area (TPSA) is 112 Å². The van der Waals surface area contributed by atoms with Crippen LogP contribution in [0.4, 0.5) is 5.69 Å². The molecular formula is C7H7N3O4S. The van der Waals surface area contributed by atoms with Crippen molar-refractivity contribution in [2.45, 2.75) is 4.90 Å². The number of azide groups is 1. The first-order chi connectivity index (χ1) is 6.99. The molecule has 8 heteroatoms. The van der Waals surface area contributed by atoms with Crippen LogP contribution < -0.4 is 4.74 Å². The standard InChI is InChI=1S/C7H7N3O4S/c1-14-7-3-2-5(15(11,12)13)4-6(7)9-10-8/h2-4H,1H3,(H,11,12,13). The average Bonchev–Trinajstić information content (AvgIpc) is 2.17. The van der Waals surface area contributed by atoms with Gasteiger partial charge in [0.25, 0.3) is 10.1 Å². The van der Waals surface area contributed by atoms with E-state index in [0.29, 0.717) is 0 Å². The molecule has 0 aromatic heterocycles. The largest absolute Gasteiger partial charge is 0.496 e. The Labute approximate surface area is 85.7 Å². The molecule has 0 fully saturated rings. The number of hydrogen-bond acceptors (Lipinski definition) is 4. The smallest absolute Gasteiger partial charge is 0.294 e. The van der Waals surface area contributed by atoms with E-state index in [2.05, 4.69) is 10.0 Å². The maximum absolute atomic E-state index is 10.8. The summed E-state index contributed by atoms with van der Waals surface area (Å²) in [5, 5.41) is 3.23. The van der Waals surface area contributed by atoms with Crippen LogP contribution >= 0.6 is 0 Å². The second-order valence-electron chi connectivity index (χ2n) is 2.50. The first-order valence-electron chi connectivity index (χ1n) is 3.69. The molecule has 80 valence electrons. The summed E-state index contributed by atoms with van der Waals surface area (Å²) in [5.41, 5.74) is 8.22. The van der Waals surface area contributed by atoms with E-state index in [1.807, 2.05) is 0 Å². The lowest BCUT2D eigenvalue weighted by molar-refractivity contribution is 0.415. The van der Waals surface area contributed by atoms with Gasteiger partial charge in [-0.1, -0.05) is 5.11 Å². The molecule has 7 nitrogen and oxygen atoms in total. The highest BCUT2D eigenvalue weighted by Gasteiger charge is 2.12. The lowest BCUT2D eigenvalue weighted by atomic mass is 10.3. The summed E-state index contributed by atoms with van der Waals surface area (Å²) in [5.74, 6) is 0.222. The fourth-order valence-electron chi connectivity index (χ4n) is 0.957. The van der Waals surface area contributed by atoms with Gasteiger partial charge in [-0.05, 0) is 23.7 Å². The highest BCUT2D eigenvalue weighted by molar-refractivity contribution is 7.85. The van der Waals surface area contributed by atoms with Crippen molar-refractivity contribution in [1.82, 2.24) is 0 Å². The molecule has 0 aliphatic heterocycles. The Balaban J connectivity index is 3.41. The van der Waals surface area contributed by atoms with Crippen molar-refractivity contribution in [3.05, 3.63) is 28.6 Å². The number of ether oxygens (including phenoxy) is 1. The van der Waals surface area contributed by atoms with E-state index >= 15 is 0 Å². The van der Waals surface area contributed by atoms with Crippen LogP contribution in [0.25, 0.3) is 10.4 Å². The number of rotatable bonds is 3. The van der Waals surface area contributed by atoms with Crippen LogP contribution in [0.15, 0.2) is 28.2 Å². The van der Waals surface area contributed by atoms with Crippen LogP contribution in [0.1, 0.15) is 0 Å². The molecule has 0 heterocycles. The minimum Gasteiger partial charge on any atom is -0.496 e. The molecule has 0 bridgehead atoms. The molecular weight excluding hydrogens is 222 g/mol. The highest BCUT2D eigenvalue weighted by atomic mass is 32.2. The Kier molecular flexibility index (Phi) is 3.15. The monoisotopic (exact) mass is 229 g/mol. The Morgan fingerprint density at radius 3 is 2.67 bits per heavy atom. The van der Waals surface area contributed by atoms with Gasteiger partial charge >= 0.3 is 0 Å². The highest BCUT2D eigenvalue weighted by Crippen LogP contribution is 2.29. The molecule has 0 aliphatic rings. The molecule has 0 saturated carbocycles. The zero-order chi connectivity index (χ0) is 11.5. The predicted molar refractivity (Wildman–Crippen MR) is 51.6 cm³/mol. The fraction of sp³-hybridized carbons (Fsp3) is 0.143. The van der Waals surface area contributed by atoms with Crippen molar-refractivity contribution in [3.63, 3.8) is 0 Å². The molecule has 1 aromatic carbocycles. The Bertz CT molecular complexity index is 519. The second kappa shape index (κ2) is 4.18. The summed E-state index contributed by atoms with van der Waals surface area (Å²) >= 11 is 0. The minimum absolute atomic E-state index is 0.00451. The van der Waals surface area contributed by atoms with Crippen LogP contribution in [0.3, 0.4) is 0 Å². The number of hydrogen-bond donors (Lipinski definition) is 1. The van der Waals surface area contributed by atoms with E-state index in [1.54, 1.807) is 0 Å². The van der Waals surface area contributed by atoms with Gasteiger partial charge < -0.3 is 4.74 Å². The Hall–Kier alpha value is -1.76. The van der Waals surface area contributed by atoms with E-state index in [9.17, 15) is 8.42 Å². The van der Waals surface area contributed by atoms with Gasteiger partial charge in [0.2, 0.25) is 0 Å². The van der Waals surface area contributed by atoms with E-state index in [-0.39, 0.29) is 16.3 Å². The van der Waals surface area contributed by atoms with Crippen molar-refractivity contribution in [1.29, 1.82) is 0 Å². The Morgan fingerprint density at radius 2 is 2.20 bits per heavy atom. The number of methoxy groups -OCH3 is 1. The molecule has 0 spiro atoms. The molecule has 15 heavy (non-hydrogen) atoms. The van der Waals surface area contributed by atoms with Crippen LogP contribution in [0, 0.1) is 0 Å².